The highest BCUT2D eigenvalue weighted by molar-refractivity contribution is 7.18. The first-order chi connectivity index (χ1) is 10.7. The number of aryl methyl sites for hydroxylation is 2. The molecular formula is C17H23N3OS. The minimum Gasteiger partial charge on any atom is -0.372 e. The van der Waals surface area contributed by atoms with E-state index < -0.39 is 0 Å². The van der Waals surface area contributed by atoms with Gasteiger partial charge in [-0.2, -0.15) is 0 Å². The van der Waals surface area contributed by atoms with Crippen LogP contribution in [0.2, 0.25) is 0 Å². The predicted octanol–water partition coefficient (Wildman–Crippen LogP) is 3.57. The van der Waals surface area contributed by atoms with Gasteiger partial charge in [0.25, 0.3) is 0 Å². The van der Waals surface area contributed by atoms with Crippen LogP contribution in [0.3, 0.4) is 0 Å². The number of ether oxygens (including phenoxy) is 1. The Morgan fingerprint density at radius 1 is 1.09 bits per heavy atom. The van der Waals surface area contributed by atoms with E-state index in [1.165, 1.54) is 47.9 Å². The third-order valence-corrected chi connectivity index (χ3v) is 5.90. The van der Waals surface area contributed by atoms with Gasteiger partial charge in [0.2, 0.25) is 0 Å². The van der Waals surface area contributed by atoms with E-state index in [1.54, 1.807) is 11.2 Å². The van der Waals surface area contributed by atoms with Crippen molar-refractivity contribution in [2.45, 2.75) is 58.2 Å². The maximum absolute atomic E-state index is 5.88. The van der Waals surface area contributed by atoms with E-state index in [1.807, 2.05) is 11.3 Å². The molecule has 1 saturated heterocycles. The Hall–Kier alpha value is -1.20. The van der Waals surface area contributed by atoms with Gasteiger partial charge in [-0.15, -0.1) is 11.3 Å². The molecule has 22 heavy (non-hydrogen) atoms. The molecule has 0 saturated carbocycles. The molecule has 0 N–H and O–H groups in total. The number of hydrogen-bond acceptors (Lipinski definition) is 5. The maximum Gasteiger partial charge on any atom is 0.141 e. The van der Waals surface area contributed by atoms with Crippen LogP contribution in [0.5, 0.6) is 0 Å². The number of morpholine rings is 1. The molecule has 5 heteroatoms. The van der Waals surface area contributed by atoms with E-state index in [0.29, 0.717) is 0 Å². The molecule has 4 rings (SSSR count). The molecule has 0 amide bonds. The molecule has 0 bridgehead atoms. The molecule has 1 aliphatic heterocycles. The van der Waals surface area contributed by atoms with Crippen LogP contribution in [0.4, 0.5) is 5.82 Å². The van der Waals surface area contributed by atoms with Crippen molar-refractivity contribution < 1.29 is 4.74 Å². The average Bonchev–Trinajstić information content (AvgIpc) is 2.68. The number of rotatable bonds is 1. The summed E-state index contributed by atoms with van der Waals surface area (Å²) in [5.74, 6) is 1.13. The van der Waals surface area contributed by atoms with Gasteiger partial charge in [-0.1, -0.05) is 6.42 Å². The molecule has 0 spiro atoms. The highest BCUT2D eigenvalue weighted by atomic mass is 32.1. The van der Waals surface area contributed by atoms with Crippen LogP contribution < -0.4 is 4.90 Å². The minimum atomic E-state index is 0.256. The molecule has 4 nitrogen and oxygen atoms in total. The maximum atomic E-state index is 5.88. The second-order valence-electron chi connectivity index (χ2n) is 6.60. The summed E-state index contributed by atoms with van der Waals surface area (Å²) in [6.45, 7) is 6.13. The lowest BCUT2D eigenvalue weighted by Crippen LogP contribution is -2.46. The van der Waals surface area contributed by atoms with Gasteiger partial charge in [-0.3, -0.25) is 0 Å². The van der Waals surface area contributed by atoms with Crippen molar-refractivity contribution in [2.75, 3.05) is 18.0 Å². The van der Waals surface area contributed by atoms with Gasteiger partial charge in [0.1, 0.15) is 17.0 Å². The topological polar surface area (TPSA) is 38.2 Å². The second-order valence-corrected chi connectivity index (χ2v) is 7.69. The van der Waals surface area contributed by atoms with Gasteiger partial charge in [-0.25, -0.2) is 9.97 Å². The Bertz CT molecular complexity index is 674. The largest absolute Gasteiger partial charge is 0.372 e. The summed E-state index contributed by atoms with van der Waals surface area (Å²) in [7, 11) is 0. The van der Waals surface area contributed by atoms with Crippen molar-refractivity contribution in [2.24, 2.45) is 0 Å². The van der Waals surface area contributed by atoms with Crippen LogP contribution in [0.25, 0.3) is 10.2 Å². The van der Waals surface area contributed by atoms with Crippen LogP contribution in [0, 0.1) is 0 Å². The highest BCUT2D eigenvalue weighted by Gasteiger charge is 2.27. The van der Waals surface area contributed by atoms with Gasteiger partial charge in [-0.05, 0) is 45.1 Å². The second kappa shape index (κ2) is 5.78. The number of aromatic nitrogens is 2. The first kappa shape index (κ1) is 14.4. The molecule has 2 aliphatic rings. The van der Waals surface area contributed by atoms with Crippen molar-refractivity contribution in [3.63, 3.8) is 0 Å². The summed E-state index contributed by atoms with van der Waals surface area (Å²) in [5.41, 5.74) is 1.53. The summed E-state index contributed by atoms with van der Waals surface area (Å²) >= 11 is 1.88. The Kier molecular flexibility index (Phi) is 3.78. The Morgan fingerprint density at radius 2 is 1.86 bits per heavy atom. The number of fused-ring (bicyclic) bond motifs is 3. The first-order valence-corrected chi connectivity index (χ1v) is 9.19. The van der Waals surface area contributed by atoms with Crippen molar-refractivity contribution in [3.8, 4) is 0 Å². The molecule has 2 aromatic rings. The molecule has 3 heterocycles. The average molecular weight is 317 g/mol. The first-order valence-electron chi connectivity index (χ1n) is 8.38. The smallest absolute Gasteiger partial charge is 0.141 e. The van der Waals surface area contributed by atoms with Crippen molar-refractivity contribution in [3.05, 3.63) is 16.8 Å². The molecule has 2 aromatic heterocycles. The molecule has 118 valence electrons. The Labute approximate surface area is 135 Å². The molecule has 2 atom stereocenters. The molecule has 0 radical (unpaired) electrons. The lowest BCUT2D eigenvalue weighted by Gasteiger charge is -2.36. The van der Waals surface area contributed by atoms with Gasteiger partial charge in [0.15, 0.2) is 0 Å². The number of hydrogen-bond donors (Lipinski definition) is 0. The van der Waals surface area contributed by atoms with Crippen molar-refractivity contribution >= 4 is 27.4 Å². The fourth-order valence-corrected chi connectivity index (χ4v) is 5.06. The van der Waals surface area contributed by atoms with E-state index in [2.05, 4.69) is 28.7 Å². The van der Waals surface area contributed by atoms with Gasteiger partial charge >= 0.3 is 0 Å². The van der Waals surface area contributed by atoms with Crippen molar-refractivity contribution in [1.29, 1.82) is 0 Å². The van der Waals surface area contributed by atoms with E-state index in [0.717, 1.165) is 18.9 Å². The number of thiophene rings is 1. The summed E-state index contributed by atoms with van der Waals surface area (Å²) in [4.78, 5) is 14.4. The van der Waals surface area contributed by atoms with Gasteiger partial charge in [0, 0.05) is 18.0 Å². The van der Waals surface area contributed by atoms with E-state index in [4.69, 9.17) is 4.74 Å². The molecular weight excluding hydrogens is 294 g/mol. The minimum absolute atomic E-state index is 0.256. The van der Waals surface area contributed by atoms with Gasteiger partial charge < -0.3 is 9.64 Å². The molecule has 0 unspecified atom stereocenters. The predicted molar refractivity (Wildman–Crippen MR) is 90.9 cm³/mol. The standard InChI is InChI=1S/C17H23N3OS/c1-11-8-20(9-12(2)21-11)16-15-13-6-4-3-5-7-14(13)22-17(15)19-10-18-16/h10-12H,3-9H2,1-2H3/t11-,12-/m0/s1. The van der Waals surface area contributed by atoms with E-state index >= 15 is 0 Å². The Morgan fingerprint density at radius 3 is 2.68 bits per heavy atom. The fraction of sp³-hybridized carbons (Fsp3) is 0.647. The summed E-state index contributed by atoms with van der Waals surface area (Å²) < 4.78 is 5.88. The number of nitrogens with zero attached hydrogens (tertiary/aromatic N) is 3. The van der Waals surface area contributed by atoms with Gasteiger partial charge in [0.05, 0.1) is 17.6 Å². The van der Waals surface area contributed by atoms with Crippen LogP contribution in [-0.4, -0.2) is 35.3 Å². The SMILES string of the molecule is C[C@H]1CN(c2ncnc3sc4c(c23)CCCCC4)C[C@H](C)O1. The van der Waals surface area contributed by atoms with Crippen LogP contribution in [-0.2, 0) is 17.6 Å². The molecule has 1 fully saturated rings. The lowest BCUT2D eigenvalue weighted by atomic mass is 10.1. The zero-order valence-electron chi connectivity index (χ0n) is 13.3. The van der Waals surface area contributed by atoms with E-state index in [-0.39, 0.29) is 12.2 Å². The third kappa shape index (κ3) is 2.50. The summed E-state index contributed by atoms with van der Waals surface area (Å²) in [5, 5.41) is 1.32. The van der Waals surface area contributed by atoms with Crippen LogP contribution in [0.1, 0.15) is 43.6 Å². The quantitative estimate of drug-likeness (QED) is 0.754. The summed E-state index contributed by atoms with van der Waals surface area (Å²) in [6, 6.07) is 0. The molecule has 0 aromatic carbocycles. The molecule has 1 aliphatic carbocycles. The lowest BCUT2D eigenvalue weighted by molar-refractivity contribution is -0.00537. The van der Waals surface area contributed by atoms with Crippen LogP contribution >= 0.6 is 11.3 Å². The van der Waals surface area contributed by atoms with Crippen molar-refractivity contribution in [1.82, 2.24) is 9.97 Å². The number of anilines is 1. The summed E-state index contributed by atoms with van der Waals surface area (Å²) in [6.07, 6.45) is 8.60. The van der Waals surface area contributed by atoms with E-state index in [9.17, 15) is 0 Å². The Balaban J connectivity index is 1.82. The third-order valence-electron chi connectivity index (χ3n) is 4.70. The fourth-order valence-electron chi connectivity index (χ4n) is 3.84. The van der Waals surface area contributed by atoms with Crippen LogP contribution in [0.15, 0.2) is 6.33 Å². The normalized spacial score (nSPS) is 26.0. The zero-order valence-corrected chi connectivity index (χ0v) is 14.2. The zero-order chi connectivity index (χ0) is 15.1. The highest BCUT2D eigenvalue weighted by Crippen LogP contribution is 2.39. The monoisotopic (exact) mass is 317 g/mol.